The summed E-state index contributed by atoms with van der Waals surface area (Å²) >= 11 is 0. The van der Waals surface area contributed by atoms with E-state index in [9.17, 15) is 4.79 Å². The lowest BCUT2D eigenvalue weighted by Gasteiger charge is -2.34. The summed E-state index contributed by atoms with van der Waals surface area (Å²) in [5, 5.41) is 9.00. The van der Waals surface area contributed by atoms with Crippen LogP contribution in [0.25, 0.3) is 0 Å². The highest BCUT2D eigenvalue weighted by Gasteiger charge is 2.27. The molecule has 1 fully saturated rings. The lowest BCUT2D eigenvalue weighted by atomic mass is 9.94. The Balaban J connectivity index is 1.99. The molecule has 0 spiro atoms. The normalized spacial score (nSPS) is 21.2. The zero-order valence-corrected chi connectivity index (χ0v) is 11.2. The van der Waals surface area contributed by atoms with E-state index in [0.29, 0.717) is 5.92 Å². The van der Waals surface area contributed by atoms with Crippen LogP contribution in [0.1, 0.15) is 30.9 Å². The fourth-order valence-corrected chi connectivity index (χ4v) is 2.68. The predicted molar refractivity (Wildman–Crippen MR) is 74.4 cm³/mol. The first-order chi connectivity index (χ1) is 9.22. The highest BCUT2D eigenvalue weighted by molar-refractivity contribution is 5.83. The zero-order valence-electron chi connectivity index (χ0n) is 11.2. The van der Waals surface area contributed by atoms with Crippen LogP contribution >= 0.6 is 0 Å². The van der Waals surface area contributed by atoms with Gasteiger partial charge >= 0.3 is 0 Å². The first kappa shape index (κ1) is 14.0. The third kappa shape index (κ3) is 3.55. The third-order valence-corrected chi connectivity index (χ3v) is 3.79. The number of likely N-dealkylation sites (tertiary alicyclic amines) is 1. The molecule has 4 heteroatoms. The van der Waals surface area contributed by atoms with Crippen LogP contribution in [0.15, 0.2) is 30.3 Å². The van der Waals surface area contributed by atoms with E-state index >= 15 is 0 Å². The number of rotatable bonds is 4. The maximum absolute atomic E-state index is 12.4. The van der Waals surface area contributed by atoms with Gasteiger partial charge < -0.3 is 15.7 Å². The number of piperidine rings is 1. The van der Waals surface area contributed by atoms with Gasteiger partial charge in [0.25, 0.3) is 0 Å². The van der Waals surface area contributed by atoms with Crippen molar-refractivity contribution in [2.45, 2.75) is 25.3 Å². The van der Waals surface area contributed by atoms with Gasteiger partial charge in [0, 0.05) is 19.7 Å². The summed E-state index contributed by atoms with van der Waals surface area (Å²) in [6.45, 7) is 1.69. The van der Waals surface area contributed by atoms with Gasteiger partial charge in [0.2, 0.25) is 5.91 Å². The molecule has 1 heterocycles. The number of carbonyl (C=O) groups excluding carboxylic acids is 1. The maximum Gasteiger partial charge on any atom is 0.244 e. The number of nitrogens with zero attached hydrogens (tertiary/aromatic N) is 1. The van der Waals surface area contributed by atoms with Gasteiger partial charge in [-0.25, -0.2) is 0 Å². The Morgan fingerprint density at radius 1 is 1.42 bits per heavy atom. The van der Waals surface area contributed by atoms with Gasteiger partial charge in [0.15, 0.2) is 0 Å². The molecule has 0 aliphatic carbocycles. The summed E-state index contributed by atoms with van der Waals surface area (Å²) in [5.74, 6) is 0.402. The smallest absolute Gasteiger partial charge is 0.244 e. The molecule has 0 bridgehead atoms. The molecule has 0 aromatic heterocycles. The van der Waals surface area contributed by atoms with E-state index in [0.717, 1.165) is 37.9 Å². The second-order valence-corrected chi connectivity index (χ2v) is 5.19. The Hall–Kier alpha value is -1.39. The van der Waals surface area contributed by atoms with Crippen molar-refractivity contribution in [3.8, 4) is 0 Å². The van der Waals surface area contributed by atoms with Crippen LogP contribution in [-0.4, -0.2) is 35.6 Å². The molecule has 0 saturated carbocycles. The average Bonchev–Trinajstić information content (AvgIpc) is 2.47. The average molecular weight is 262 g/mol. The second-order valence-electron chi connectivity index (χ2n) is 5.19. The van der Waals surface area contributed by atoms with Crippen molar-refractivity contribution >= 4 is 5.91 Å². The first-order valence-corrected chi connectivity index (χ1v) is 6.92. The number of hydrogen-bond acceptors (Lipinski definition) is 3. The number of benzene rings is 1. The predicted octanol–water partition coefficient (Wildman–Crippen LogP) is 1.31. The molecule has 2 atom stereocenters. The van der Waals surface area contributed by atoms with Gasteiger partial charge in [0.1, 0.15) is 6.04 Å². The molecular weight excluding hydrogens is 240 g/mol. The molecule has 2 rings (SSSR count). The number of carbonyl (C=O) groups is 1. The minimum atomic E-state index is -0.575. The monoisotopic (exact) mass is 262 g/mol. The van der Waals surface area contributed by atoms with Gasteiger partial charge in [-0.15, -0.1) is 0 Å². The van der Waals surface area contributed by atoms with Crippen molar-refractivity contribution in [3.05, 3.63) is 35.9 Å². The van der Waals surface area contributed by atoms with Crippen LogP contribution in [0, 0.1) is 5.92 Å². The van der Waals surface area contributed by atoms with Crippen molar-refractivity contribution in [1.82, 2.24) is 4.90 Å². The molecule has 0 radical (unpaired) electrons. The highest BCUT2D eigenvalue weighted by atomic mass is 16.3. The SMILES string of the molecule is N[C@H](C(=O)N1CCCC(CCO)C1)c1ccccc1. The molecule has 3 N–H and O–H groups in total. The largest absolute Gasteiger partial charge is 0.396 e. The fraction of sp³-hybridized carbons (Fsp3) is 0.533. The van der Waals surface area contributed by atoms with E-state index in [2.05, 4.69) is 0 Å². The minimum Gasteiger partial charge on any atom is -0.396 e. The van der Waals surface area contributed by atoms with Gasteiger partial charge in [-0.05, 0) is 30.7 Å². The zero-order chi connectivity index (χ0) is 13.7. The Kier molecular flexibility index (Phi) is 4.93. The molecule has 4 nitrogen and oxygen atoms in total. The Morgan fingerprint density at radius 3 is 2.84 bits per heavy atom. The van der Waals surface area contributed by atoms with Crippen LogP contribution < -0.4 is 5.73 Å². The summed E-state index contributed by atoms with van der Waals surface area (Å²) in [7, 11) is 0. The molecule has 1 aromatic carbocycles. The third-order valence-electron chi connectivity index (χ3n) is 3.79. The van der Waals surface area contributed by atoms with Crippen molar-refractivity contribution in [2.75, 3.05) is 19.7 Å². The van der Waals surface area contributed by atoms with Crippen LogP contribution in [0.3, 0.4) is 0 Å². The first-order valence-electron chi connectivity index (χ1n) is 6.92. The van der Waals surface area contributed by atoms with Gasteiger partial charge in [-0.3, -0.25) is 4.79 Å². The standard InChI is InChI=1S/C15H22N2O2/c16-14(13-6-2-1-3-7-13)15(19)17-9-4-5-12(11-17)8-10-18/h1-3,6-7,12,14,18H,4-5,8-11,16H2/t12?,14-/m0/s1. The van der Waals surface area contributed by atoms with Gasteiger partial charge in [-0.1, -0.05) is 30.3 Å². The highest BCUT2D eigenvalue weighted by Crippen LogP contribution is 2.22. The number of aliphatic hydroxyl groups excluding tert-OH is 1. The molecule has 1 amide bonds. The van der Waals surface area contributed by atoms with Gasteiger partial charge in [0.05, 0.1) is 0 Å². The molecule has 1 aliphatic heterocycles. The van der Waals surface area contributed by atoms with Gasteiger partial charge in [-0.2, -0.15) is 0 Å². The number of hydrogen-bond donors (Lipinski definition) is 2. The molecule has 19 heavy (non-hydrogen) atoms. The van der Waals surface area contributed by atoms with E-state index in [4.69, 9.17) is 10.8 Å². The number of nitrogens with two attached hydrogens (primary N) is 1. The molecule has 1 unspecified atom stereocenters. The maximum atomic E-state index is 12.4. The summed E-state index contributed by atoms with van der Waals surface area (Å²) in [6.07, 6.45) is 2.85. The molecular formula is C15H22N2O2. The Morgan fingerprint density at radius 2 is 2.16 bits per heavy atom. The molecule has 1 saturated heterocycles. The van der Waals surface area contributed by atoms with Crippen molar-refractivity contribution in [3.63, 3.8) is 0 Å². The van der Waals surface area contributed by atoms with E-state index in [1.54, 1.807) is 0 Å². The minimum absolute atomic E-state index is 0.00570. The lowest BCUT2D eigenvalue weighted by molar-refractivity contribution is -0.134. The number of aliphatic hydroxyl groups is 1. The molecule has 104 valence electrons. The second kappa shape index (κ2) is 6.68. The molecule has 1 aliphatic rings. The Bertz CT molecular complexity index is 406. The van der Waals surface area contributed by atoms with Crippen LogP contribution in [0.5, 0.6) is 0 Å². The quantitative estimate of drug-likeness (QED) is 0.859. The van der Waals surface area contributed by atoms with Crippen molar-refractivity contribution in [1.29, 1.82) is 0 Å². The van der Waals surface area contributed by atoms with E-state index < -0.39 is 6.04 Å². The van der Waals surface area contributed by atoms with Crippen LogP contribution in [0.4, 0.5) is 0 Å². The van der Waals surface area contributed by atoms with Crippen LogP contribution in [0.2, 0.25) is 0 Å². The summed E-state index contributed by atoms with van der Waals surface area (Å²) in [4.78, 5) is 14.2. The lowest BCUT2D eigenvalue weighted by Crippen LogP contribution is -2.44. The topological polar surface area (TPSA) is 66.6 Å². The van der Waals surface area contributed by atoms with E-state index in [1.807, 2.05) is 35.2 Å². The van der Waals surface area contributed by atoms with Crippen LogP contribution in [-0.2, 0) is 4.79 Å². The summed E-state index contributed by atoms with van der Waals surface area (Å²) in [5.41, 5.74) is 6.91. The van der Waals surface area contributed by atoms with E-state index in [-0.39, 0.29) is 12.5 Å². The number of amides is 1. The van der Waals surface area contributed by atoms with Crippen molar-refractivity contribution in [2.24, 2.45) is 11.7 Å². The van der Waals surface area contributed by atoms with E-state index in [1.165, 1.54) is 0 Å². The summed E-state index contributed by atoms with van der Waals surface area (Å²) < 4.78 is 0. The molecule has 1 aromatic rings. The Labute approximate surface area is 114 Å². The fourth-order valence-electron chi connectivity index (χ4n) is 2.68. The summed E-state index contributed by atoms with van der Waals surface area (Å²) in [6, 6.07) is 8.91. The van der Waals surface area contributed by atoms with Crippen molar-refractivity contribution < 1.29 is 9.90 Å².